The number of methoxy groups -OCH3 is 1. The first kappa shape index (κ1) is 13.5. The van der Waals surface area contributed by atoms with Crippen LogP contribution in [0, 0.1) is 0 Å². The zero-order valence-electron chi connectivity index (χ0n) is 11.1. The van der Waals surface area contributed by atoms with Gasteiger partial charge >= 0.3 is 0 Å². The van der Waals surface area contributed by atoms with E-state index < -0.39 is 0 Å². The number of hydrogen-bond acceptors (Lipinski definition) is 3. The van der Waals surface area contributed by atoms with Crippen LogP contribution in [0.2, 0.25) is 5.02 Å². The predicted molar refractivity (Wildman–Crippen MR) is 76.8 cm³/mol. The summed E-state index contributed by atoms with van der Waals surface area (Å²) >= 11 is 6.42. The SMILES string of the molecule is CNCc1c(N2CCCCC2)ccc(OC)c1Cl. The average Bonchev–Trinajstić information content (AvgIpc) is 2.42. The summed E-state index contributed by atoms with van der Waals surface area (Å²) in [6.07, 6.45) is 3.87. The van der Waals surface area contributed by atoms with Gasteiger partial charge in [-0.25, -0.2) is 0 Å². The molecule has 1 heterocycles. The van der Waals surface area contributed by atoms with Crippen molar-refractivity contribution in [2.45, 2.75) is 25.8 Å². The van der Waals surface area contributed by atoms with E-state index in [0.29, 0.717) is 0 Å². The molecule has 2 rings (SSSR count). The van der Waals surface area contributed by atoms with Crippen molar-refractivity contribution < 1.29 is 4.74 Å². The fourth-order valence-electron chi connectivity index (χ4n) is 2.52. The van der Waals surface area contributed by atoms with Gasteiger partial charge in [0.15, 0.2) is 0 Å². The molecule has 0 radical (unpaired) electrons. The lowest BCUT2D eigenvalue weighted by Crippen LogP contribution is -2.30. The molecule has 4 heteroatoms. The van der Waals surface area contributed by atoms with Gasteiger partial charge in [0.2, 0.25) is 0 Å². The first-order chi connectivity index (χ1) is 8.77. The molecule has 0 spiro atoms. The minimum absolute atomic E-state index is 0.731. The smallest absolute Gasteiger partial charge is 0.137 e. The molecule has 0 unspecified atom stereocenters. The van der Waals surface area contributed by atoms with Crippen LogP contribution in [-0.2, 0) is 6.54 Å². The third kappa shape index (κ3) is 2.73. The van der Waals surface area contributed by atoms with Crippen LogP contribution in [-0.4, -0.2) is 27.2 Å². The summed E-state index contributed by atoms with van der Waals surface area (Å²) < 4.78 is 5.30. The van der Waals surface area contributed by atoms with Crippen molar-refractivity contribution in [2.75, 3.05) is 32.1 Å². The van der Waals surface area contributed by atoms with E-state index in [9.17, 15) is 0 Å². The number of benzene rings is 1. The van der Waals surface area contributed by atoms with Crippen LogP contribution < -0.4 is 15.0 Å². The van der Waals surface area contributed by atoms with Crippen LogP contribution in [0.25, 0.3) is 0 Å². The van der Waals surface area contributed by atoms with Gasteiger partial charge in [-0.1, -0.05) is 11.6 Å². The Morgan fingerprint density at radius 3 is 2.61 bits per heavy atom. The summed E-state index contributed by atoms with van der Waals surface area (Å²) in [4.78, 5) is 2.43. The standard InChI is InChI=1S/C14H21ClN2O/c1-16-10-11-12(17-8-4-3-5-9-17)6-7-13(18-2)14(11)15/h6-7,16H,3-5,8-10H2,1-2H3. The molecule has 3 nitrogen and oxygen atoms in total. The first-order valence-electron chi connectivity index (χ1n) is 6.53. The number of nitrogens with zero attached hydrogens (tertiary/aromatic N) is 1. The van der Waals surface area contributed by atoms with E-state index in [1.54, 1.807) is 7.11 Å². The van der Waals surface area contributed by atoms with Gasteiger partial charge in [-0.15, -0.1) is 0 Å². The maximum Gasteiger partial charge on any atom is 0.137 e. The number of hydrogen-bond donors (Lipinski definition) is 1. The van der Waals surface area contributed by atoms with Crippen LogP contribution in [0.4, 0.5) is 5.69 Å². The Kier molecular flexibility index (Phi) is 4.72. The van der Waals surface area contributed by atoms with Gasteiger partial charge in [0.05, 0.1) is 12.1 Å². The number of nitrogens with one attached hydrogen (secondary N) is 1. The second-order valence-electron chi connectivity index (χ2n) is 4.66. The summed E-state index contributed by atoms with van der Waals surface area (Å²) in [6, 6.07) is 4.09. The highest BCUT2D eigenvalue weighted by molar-refractivity contribution is 6.33. The molecule has 18 heavy (non-hydrogen) atoms. The maximum atomic E-state index is 6.42. The first-order valence-corrected chi connectivity index (χ1v) is 6.90. The second-order valence-corrected chi connectivity index (χ2v) is 5.04. The van der Waals surface area contributed by atoms with Crippen molar-refractivity contribution in [3.63, 3.8) is 0 Å². The van der Waals surface area contributed by atoms with E-state index in [2.05, 4.69) is 16.3 Å². The van der Waals surface area contributed by atoms with Gasteiger partial charge < -0.3 is 15.0 Å². The van der Waals surface area contributed by atoms with Crippen LogP contribution in [0.1, 0.15) is 24.8 Å². The second kappa shape index (κ2) is 6.30. The van der Waals surface area contributed by atoms with Crippen LogP contribution in [0.5, 0.6) is 5.75 Å². The summed E-state index contributed by atoms with van der Waals surface area (Å²) in [7, 11) is 3.60. The fourth-order valence-corrected chi connectivity index (χ4v) is 2.83. The van der Waals surface area contributed by atoms with Gasteiger partial charge in [0.25, 0.3) is 0 Å². The van der Waals surface area contributed by atoms with E-state index in [4.69, 9.17) is 16.3 Å². The van der Waals surface area contributed by atoms with E-state index in [1.165, 1.54) is 24.9 Å². The normalized spacial score (nSPS) is 15.8. The van der Waals surface area contributed by atoms with E-state index in [1.807, 2.05) is 13.1 Å². The fraction of sp³-hybridized carbons (Fsp3) is 0.571. The van der Waals surface area contributed by atoms with Gasteiger partial charge in [0, 0.05) is 30.9 Å². The number of piperidine rings is 1. The van der Waals surface area contributed by atoms with E-state index >= 15 is 0 Å². The number of anilines is 1. The Labute approximate surface area is 114 Å². The number of ether oxygens (including phenoxy) is 1. The zero-order valence-corrected chi connectivity index (χ0v) is 11.9. The van der Waals surface area contributed by atoms with Crippen LogP contribution >= 0.6 is 11.6 Å². The minimum Gasteiger partial charge on any atom is -0.495 e. The Morgan fingerprint density at radius 1 is 1.28 bits per heavy atom. The Hall–Kier alpha value is -0.930. The summed E-state index contributed by atoms with van der Waals surface area (Å²) in [5.74, 6) is 0.752. The highest BCUT2D eigenvalue weighted by Gasteiger charge is 2.18. The molecule has 1 aromatic rings. The van der Waals surface area contributed by atoms with Gasteiger partial charge in [-0.2, -0.15) is 0 Å². The van der Waals surface area contributed by atoms with Gasteiger partial charge in [-0.05, 0) is 38.4 Å². The summed E-state index contributed by atoms with van der Waals surface area (Å²) in [6.45, 7) is 3.01. The third-order valence-electron chi connectivity index (χ3n) is 3.45. The van der Waals surface area contributed by atoms with Gasteiger partial charge in [0.1, 0.15) is 5.75 Å². The van der Waals surface area contributed by atoms with Crippen molar-refractivity contribution in [2.24, 2.45) is 0 Å². The largest absolute Gasteiger partial charge is 0.495 e. The molecule has 1 aromatic carbocycles. The Bertz CT molecular complexity index is 403. The molecule has 0 saturated carbocycles. The molecule has 1 N–H and O–H groups in total. The molecule has 0 atom stereocenters. The molecule has 0 aromatic heterocycles. The number of rotatable bonds is 4. The Balaban J connectivity index is 2.35. The van der Waals surface area contributed by atoms with Gasteiger partial charge in [-0.3, -0.25) is 0 Å². The molecular weight excluding hydrogens is 248 g/mol. The predicted octanol–water partition coefficient (Wildman–Crippen LogP) is 3.06. The van der Waals surface area contributed by atoms with Crippen molar-refractivity contribution in [1.82, 2.24) is 5.32 Å². The lowest BCUT2D eigenvalue weighted by Gasteiger charge is -2.31. The molecule has 100 valence electrons. The number of halogens is 1. The highest BCUT2D eigenvalue weighted by Crippen LogP contribution is 2.36. The highest BCUT2D eigenvalue weighted by atomic mass is 35.5. The van der Waals surface area contributed by atoms with Crippen LogP contribution in [0.3, 0.4) is 0 Å². The zero-order chi connectivity index (χ0) is 13.0. The summed E-state index contributed by atoms with van der Waals surface area (Å²) in [5, 5.41) is 3.92. The molecule has 0 aliphatic carbocycles. The Morgan fingerprint density at radius 2 is 2.00 bits per heavy atom. The van der Waals surface area contributed by atoms with Crippen molar-refractivity contribution >= 4 is 17.3 Å². The van der Waals surface area contributed by atoms with Crippen molar-refractivity contribution in [1.29, 1.82) is 0 Å². The average molecular weight is 269 g/mol. The minimum atomic E-state index is 0.731. The van der Waals surface area contributed by atoms with E-state index in [0.717, 1.165) is 36.0 Å². The van der Waals surface area contributed by atoms with E-state index in [-0.39, 0.29) is 0 Å². The molecule has 1 fully saturated rings. The monoisotopic (exact) mass is 268 g/mol. The quantitative estimate of drug-likeness (QED) is 0.908. The molecular formula is C14H21ClN2O. The van der Waals surface area contributed by atoms with Crippen molar-refractivity contribution in [3.05, 3.63) is 22.7 Å². The maximum absolute atomic E-state index is 6.42. The lowest BCUT2D eigenvalue weighted by molar-refractivity contribution is 0.414. The molecule has 0 bridgehead atoms. The summed E-state index contributed by atoms with van der Waals surface area (Å²) in [5.41, 5.74) is 2.38. The van der Waals surface area contributed by atoms with Crippen LogP contribution in [0.15, 0.2) is 12.1 Å². The third-order valence-corrected chi connectivity index (χ3v) is 3.87. The molecule has 1 aliphatic heterocycles. The molecule has 1 saturated heterocycles. The van der Waals surface area contributed by atoms with Crippen molar-refractivity contribution in [3.8, 4) is 5.75 Å². The molecule has 0 amide bonds. The topological polar surface area (TPSA) is 24.5 Å². The lowest BCUT2D eigenvalue weighted by atomic mass is 10.1. The molecule has 1 aliphatic rings.